The molecule has 1 aliphatic rings. The van der Waals surface area contributed by atoms with Crippen LogP contribution in [0.25, 0.3) is 10.9 Å². The molecular weight excluding hydrogens is 334 g/mol. The van der Waals surface area contributed by atoms with Gasteiger partial charge in [0.15, 0.2) is 5.96 Å². The van der Waals surface area contributed by atoms with Crippen LogP contribution in [0.3, 0.4) is 0 Å². The monoisotopic (exact) mass is 369 g/mol. The maximum atomic E-state index is 4.39. The number of aliphatic imine (C=N–C) groups is 1. The highest BCUT2D eigenvalue weighted by Gasteiger charge is 2.18. The standard InChI is InChI=1S/C22H35N5/c1-4-11-27-12-8-18(9-13-27)15-26-22(23-3)24-10-7-19-16-25-21-14-17(2)5-6-20(19)21/h5-6,14,16,18,25H,4,7-13,15H2,1-3H3,(H2,23,24,26). The minimum Gasteiger partial charge on any atom is -0.361 e. The van der Waals surface area contributed by atoms with E-state index in [2.05, 4.69) is 63.8 Å². The second-order valence-electron chi connectivity index (χ2n) is 7.78. The molecule has 0 atom stereocenters. The molecule has 0 saturated carbocycles. The fourth-order valence-electron chi connectivity index (χ4n) is 4.01. The molecular formula is C22H35N5. The smallest absolute Gasteiger partial charge is 0.190 e. The molecule has 27 heavy (non-hydrogen) atoms. The lowest BCUT2D eigenvalue weighted by atomic mass is 9.97. The van der Waals surface area contributed by atoms with E-state index in [0.29, 0.717) is 0 Å². The number of aromatic nitrogens is 1. The number of fused-ring (bicyclic) bond motifs is 1. The van der Waals surface area contributed by atoms with Gasteiger partial charge in [-0.25, -0.2) is 0 Å². The minimum atomic E-state index is 0.758. The molecule has 2 aromatic rings. The molecule has 3 rings (SSSR count). The van der Waals surface area contributed by atoms with Crippen molar-refractivity contribution < 1.29 is 0 Å². The van der Waals surface area contributed by atoms with E-state index in [9.17, 15) is 0 Å². The van der Waals surface area contributed by atoms with Crippen LogP contribution < -0.4 is 10.6 Å². The van der Waals surface area contributed by atoms with Crippen LogP contribution in [0, 0.1) is 12.8 Å². The van der Waals surface area contributed by atoms with Gasteiger partial charge in [0.05, 0.1) is 0 Å². The third-order valence-electron chi connectivity index (χ3n) is 5.64. The van der Waals surface area contributed by atoms with E-state index in [1.807, 2.05) is 7.05 Å². The molecule has 3 N–H and O–H groups in total. The fourth-order valence-corrected chi connectivity index (χ4v) is 4.01. The van der Waals surface area contributed by atoms with E-state index in [4.69, 9.17) is 0 Å². The molecule has 0 amide bonds. The third kappa shape index (κ3) is 5.48. The zero-order chi connectivity index (χ0) is 19.1. The number of piperidine rings is 1. The van der Waals surface area contributed by atoms with E-state index in [-0.39, 0.29) is 0 Å². The van der Waals surface area contributed by atoms with Crippen molar-refractivity contribution in [2.45, 2.75) is 39.5 Å². The molecule has 5 nitrogen and oxygen atoms in total. The number of rotatable bonds is 7. The predicted octanol–water partition coefficient (Wildman–Crippen LogP) is 3.31. The van der Waals surface area contributed by atoms with Crippen LogP contribution in [0.2, 0.25) is 0 Å². The molecule has 1 saturated heterocycles. The molecule has 5 heteroatoms. The Balaban J connectivity index is 1.40. The Labute approximate surface area is 163 Å². The number of aryl methyl sites for hydroxylation is 1. The van der Waals surface area contributed by atoms with Crippen LogP contribution in [0.5, 0.6) is 0 Å². The fraction of sp³-hybridized carbons (Fsp3) is 0.591. The summed E-state index contributed by atoms with van der Waals surface area (Å²) >= 11 is 0. The van der Waals surface area contributed by atoms with Crippen LogP contribution in [0.4, 0.5) is 0 Å². The van der Waals surface area contributed by atoms with Gasteiger partial charge in [-0.2, -0.15) is 0 Å². The Hall–Kier alpha value is -2.01. The second-order valence-corrected chi connectivity index (χ2v) is 7.78. The molecule has 2 heterocycles. The van der Waals surface area contributed by atoms with Crippen LogP contribution in [0.15, 0.2) is 29.4 Å². The highest BCUT2D eigenvalue weighted by atomic mass is 15.2. The number of guanidine groups is 1. The lowest BCUT2D eigenvalue weighted by molar-refractivity contribution is 0.185. The number of aromatic amines is 1. The van der Waals surface area contributed by atoms with Gasteiger partial charge in [-0.3, -0.25) is 4.99 Å². The Morgan fingerprint density at radius 3 is 2.81 bits per heavy atom. The summed E-state index contributed by atoms with van der Waals surface area (Å²) < 4.78 is 0. The highest BCUT2D eigenvalue weighted by Crippen LogP contribution is 2.19. The van der Waals surface area contributed by atoms with Crippen LogP contribution >= 0.6 is 0 Å². The molecule has 1 aromatic carbocycles. The van der Waals surface area contributed by atoms with Crippen molar-refractivity contribution in [3.05, 3.63) is 35.5 Å². The van der Waals surface area contributed by atoms with Crippen molar-refractivity contribution in [1.82, 2.24) is 20.5 Å². The number of H-pyrrole nitrogens is 1. The van der Waals surface area contributed by atoms with Crippen molar-refractivity contribution in [3.8, 4) is 0 Å². The summed E-state index contributed by atoms with van der Waals surface area (Å²) in [7, 11) is 1.85. The molecule has 1 fully saturated rings. The third-order valence-corrected chi connectivity index (χ3v) is 5.64. The Kier molecular flexibility index (Phi) is 7.16. The Morgan fingerprint density at radius 1 is 1.26 bits per heavy atom. The largest absolute Gasteiger partial charge is 0.361 e. The summed E-state index contributed by atoms with van der Waals surface area (Å²) in [5, 5.41) is 8.31. The van der Waals surface area contributed by atoms with Gasteiger partial charge in [-0.1, -0.05) is 19.1 Å². The van der Waals surface area contributed by atoms with E-state index in [0.717, 1.165) is 31.4 Å². The number of likely N-dealkylation sites (tertiary alicyclic amines) is 1. The van der Waals surface area contributed by atoms with Crippen molar-refractivity contribution in [1.29, 1.82) is 0 Å². The van der Waals surface area contributed by atoms with Gasteiger partial charge in [-0.15, -0.1) is 0 Å². The van der Waals surface area contributed by atoms with Gasteiger partial charge in [-0.05, 0) is 75.4 Å². The van der Waals surface area contributed by atoms with Gasteiger partial charge in [0.1, 0.15) is 0 Å². The summed E-state index contributed by atoms with van der Waals surface area (Å²) in [6.07, 6.45) is 6.96. The maximum Gasteiger partial charge on any atom is 0.190 e. The van der Waals surface area contributed by atoms with Crippen LogP contribution in [-0.2, 0) is 6.42 Å². The van der Waals surface area contributed by atoms with Crippen molar-refractivity contribution in [2.24, 2.45) is 10.9 Å². The summed E-state index contributed by atoms with van der Waals surface area (Å²) in [6, 6.07) is 6.60. The number of hydrogen-bond donors (Lipinski definition) is 3. The first-order valence-electron chi connectivity index (χ1n) is 10.4. The first kappa shape index (κ1) is 19.7. The average molecular weight is 370 g/mol. The quantitative estimate of drug-likeness (QED) is 0.518. The van der Waals surface area contributed by atoms with E-state index in [1.54, 1.807) is 0 Å². The van der Waals surface area contributed by atoms with Gasteiger partial charge in [0.2, 0.25) is 0 Å². The first-order chi connectivity index (χ1) is 13.2. The summed E-state index contributed by atoms with van der Waals surface area (Å²) in [4.78, 5) is 10.4. The van der Waals surface area contributed by atoms with E-state index in [1.165, 1.54) is 60.9 Å². The van der Waals surface area contributed by atoms with Crippen LogP contribution in [0.1, 0.15) is 37.3 Å². The van der Waals surface area contributed by atoms with Gasteiger partial charge >= 0.3 is 0 Å². The lowest BCUT2D eigenvalue weighted by Crippen LogP contribution is -2.43. The molecule has 1 aromatic heterocycles. The van der Waals surface area contributed by atoms with E-state index < -0.39 is 0 Å². The van der Waals surface area contributed by atoms with Crippen molar-refractivity contribution in [3.63, 3.8) is 0 Å². The van der Waals surface area contributed by atoms with E-state index >= 15 is 0 Å². The zero-order valence-corrected chi connectivity index (χ0v) is 17.1. The Morgan fingerprint density at radius 2 is 2.07 bits per heavy atom. The van der Waals surface area contributed by atoms with Crippen molar-refractivity contribution >= 4 is 16.9 Å². The van der Waals surface area contributed by atoms with Gasteiger partial charge in [0.25, 0.3) is 0 Å². The summed E-state index contributed by atoms with van der Waals surface area (Å²) in [5.41, 5.74) is 3.87. The number of nitrogens with one attached hydrogen (secondary N) is 3. The molecule has 0 aliphatic carbocycles. The molecule has 0 bridgehead atoms. The van der Waals surface area contributed by atoms with Gasteiger partial charge < -0.3 is 20.5 Å². The second kappa shape index (κ2) is 9.79. The minimum absolute atomic E-state index is 0.758. The number of nitrogens with zero attached hydrogens (tertiary/aromatic N) is 2. The number of benzene rings is 1. The molecule has 0 unspecified atom stereocenters. The molecule has 1 aliphatic heterocycles. The van der Waals surface area contributed by atoms with Gasteiger partial charge in [0, 0.05) is 37.2 Å². The Bertz CT molecular complexity index is 740. The maximum absolute atomic E-state index is 4.39. The summed E-state index contributed by atoms with van der Waals surface area (Å²) in [5.74, 6) is 1.68. The summed E-state index contributed by atoms with van der Waals surface area (Å²) in [6.45, 7) is 10.0. The highest BCUT2D eigenvalue weighted by molar-refractivity contribution is 5.84. The normalized spacial score (nSPS) is 16.8. The number of hydrogen-bond acceptors (Lipinski definition) is 2. The SMILES string of the molecule is CCCN1CCC(CNC(=NC)NCCc2c[nH]c3cc(C)ccc23)CC1. The zero-order valence-electron chi connectivity index (χ0n) is 17.1. The molecule has 0 radical (unpaired) electrons. The van der Waals surface area contributed by atoms with Crippen LogP contribution in [-0.4, -0.2) is 55.6 Å². The average Bonchev–Trinajstić information content (AvgIpc) is 3.08. The first-order valence-corrected chi connectivity index (χ1v) is 10.4. The van der Waals surface area contributed by atoms with Crippen molar-refractivity contribution in [2.75, 3.05) is 39.8 Å². The predicted molar refractivity (Wildman–Crippen MR) is 116 cm³/mol. The topological polar surface area (TPSA) is 55.4 Å². The lowest BCUT2D eigenvalue weighted by Gasteiger charge is -2.32. The molecule has 0 spiro atoms. The molecule has 148 valence electrons.